The van der Waals surface area contributed by atoms with E-state index in [0.717, 1.165) is 17.5 Å². The van der Waals surface area contributed by atoms with Gasteiger partial charge in [-0.2, -0.15) is 0 Å². The fourth-order valence-electron chi connectivity index (χ4n) is 4.01. The van der Waals surface area contributed by atoms with Crippen LogP contribution in [-0.2, 0) is 4.74 Å². The fourth-order valence-corrected chi connectivity index (χ4v) is 4.28. The first-order valence-electron chi connectivity index (χ1n) is 7.88. The summed E-state index contributed by atoms with van der Waals surface area (Å²) in [5.74, 6) is 0. The van der Waals surface area contributed by atoms with Crippen molar-refractivity contribution >= 4 is 21.6 Å². The van der Waals surface area contributed by atoms with Crippen LogP contribution < -0.4 is 5.32 Å². The molecule has 0 aromatic heterocycles. The molecule has 0 heterocycles. The van der Waals surface area contributed by atoms with Gasteiger partial charge in [-0.3, -0.25) is 0 Å². The smallest absolute Gasteiger partial charge is 0.0670 e. The Balaban J connectivity index is 1.71. The third-order valence-electron chi connectivity index (χ3n) is 5.12. The highest BCUT2D eigenvalue weighted by Crippen LogP contribution is 2.54. The van der Waals surface area contributed by atoms with Gasteiger partial charge in [0, 0.05) is 28.2 Å². The lowest BCUT2D eigenvalue weighted by Gasteiger charge is -2.58. The second kappa shape index (κ2) is 6.07. The average Bonchev–Trinajstić information content (AvgIpc) is 2.49. The van der Waals surface area contributed by atoms with Crippen LogP contribution in [0.4, 0.5) is 5.69 Å². The number of anilines is 1. The molecule has 0 aliphatic heterocycles. The Morgan fingerprint density at radius 3 is 2.55 bits per heavy atom. The fraction of sp³-hybridized carbons (Fsp3) is 0.647. The van der Waals surface area contributed by atoms with Crippen molar-refractivity contribution in [3.05, 3.63) is 28.7 Å². The van der Waals surface area contributed by atoms with Gasteiger partial charge in [0.1, 0.15) is 0 Å². The zero-order valence-corrected chi connectivity index (χ0v) is 13.8. The molecular weight excluding hydrogens is 314 g/mol. The Morgan fingerprint density at radius 2 is 1.90 bits per heavy atom. The standard InChI is InChI=1S/C17H24BrNO/c1-2-20-16-12-15(17(16)10-4-3-5-11-17)19-14-8-6-13(18)7-9-14/h6-9,15-16,19H,2-5,10-12H2,1H3. The van der Waals surface area contributed by atoms with Gasteiger partial charge in [0.25, 0.3) is 0 Å². The minimum atomic E-state index is 0.390. The summed E-state index contributed by atoms with van der Waals surface area (Å²) in [6.45, 7) is 2.96. The van der Waals surface area contributed by atoms with Crippen LogP contribution in [0.3, 0.4) is 0 Å². The van der Waals surface area contributed by atoms with Crippen molar-refractivity contribution in [2.75, 3.05) is 11.9 Å². The van der Waals surface area contributed by atoms with Gasteiger partial charge in [0.2, 0.25) is 0 Å². The molecule has 2 aliphatic carbocycles. The van der Waals surface area contributed by atoms with Gasteiger partial charge in [-0.05, 0) is 50.5 Å². The van der Waals surface area contributed by atoms with E-state index < -0.39 is 0 Å². The zero-order valence-electron chi connectivity index (χ0n) is 12.2. The molecule has 2 unspecified atom stereocenters. The van der Waals surface area contributed by atoms with Gasteiger partial charge < -0.3 is 10.1 Å². The van der Waals surface area contributed by atoms with Crippen LogP contribution in [0, 0.1) is 5.41 Å². The Kier molecular flexibility index (Phi) is 4.37. The largest absolute Gasteiger partial charge is 0.382 e. The zero-order chi connectivity index (χ0) is 14.0. The third-order valence-corrected chi connectivity index (χ3v) is 5.65. The summed E-state index contributed by atoms with van der Waals surface area (Å²) in [5, 5.41) is 3.75. The molecule has 1 aromatic carbocycles. The first kappa shape index (κ1) is 14.4. The van der Waals surface area contributed by atoms with Crippen LogP contribution in [-0.4, -0.2) is 18.8 Å². The minimum Gasteiger partial charge on any atom is -0.382 e. The molecule has 2 nitrogen and oxygen atoms in total. The molecular formula is C17H24BrNO. The predicted octanol–water partition coefficient (Wildman–Crippen LogP) is 4.99. The molecule has 2 fully saturated rings. The summed E-state index contributed by atoms with van der Waals surface area (Å²) in [5.41, 5.74) is 1.62. The van der Waals surface area contributed by atoms with Crippen LogP contribution in [0.1, 0.15) is 45.4 Å². The molecule has 0 radical (unpaired) electrons. The van der Waals surface area contributed by atoms with E-state index in [1.54, 1.807) is 0 Å². The highest BCUT2D eigenvalue weighted by atomic mass is 79.9. The number of hydrogen-bond donors (Lipinski definition) is 1. The molecule has 1 N–H and O–H groups in total. The molecule has 0 bridgehead atoms. The first-order valence-corrected chi connectivity index (χ1v) is 8.67. The summed E-state index contributed by atoms with van der Waals surface area (Å²) >= 11 is 3.50. The summed E-state index contributed by atoms with van der Waals surface area (Å²) in [6.07, 6.45) is 8.40. The Hall–Kier alpha value is -0.540. The first-order chi connectivity index (χ1) is 9.74. The van der Waals surface area contributed by atoms with Crippen LogP contribution in [0.5, 0.6) is 0 Å². The molecule has 20 heavy (non-hydrogen) atoms. The van der Waals surface area contributed by atoms with Crippen LogP contribution in [0.2, 0.25) is 0 Å². The number of rotatable bonds is 4. The lowest BCUT2D eigenvalue weighted by Crippen LogP contribution is -2.62. The van der Waals surface area contributed by atoms with Crippen molar-refractivity contribution in [2.45, 2.75) is 57.6 Å². The molecule has 2 atom stereocenters. The lowest BCUT2D eigenvalue weighted by atomic mass is 9.55. The summed E-state index contributed by atoms with van der Waals surface area (Å²) in [6, 6.07) is 9.12. The van der Waals surface area contributed by atoms with Crippen molar-refractivity contribution in [1.29, 1.82) is 0 Å². The van der Waals surface area contributed by atoms with Crippen LogP contribution in [0.15, 0.2) is 28.7 Å². The van der Waals surface area contributed by atoms with Gasteiger partial charge >= 0.3 is 0 Å². The second-order valence-electron chi connectivity index (χ2n) is 6.18. The summed E-state index contributed by atoms with van der Waals surface area (Å²) in [4.78, 5) is 0. The van der Waals surface area contributed by atoms with E-state index in [4.69, 9.17) is 4.74 Å². The number of halogens is 1. The van der Waals surface area contributed by atoms with E-state index in [1.165, 1.54) is 37.8 Å². The van der Waals surface area contributed by atoms with Crippen LogP contribution >= 0.6 is 15.9 Å². The van der Waals surface area contributed by atoms with Crippen LogP contribution in [0.25, 0.3) is 0 Å². The maximum atomic E-state index is 6.01. The molecule has 2 saturated carbocycles. The minimum absolute atomic E-state index is 0.390. The van der Waals surface area contributed by atoms with Gasteiger partial charge in [0.05, 0.1) is 6.10 Å². The topological polar surface area (TPSA) is 21.3 Å². The molecule has 110 valence electrons. The van der Waals surface area contributed by atoms with E-state index in [1.807, 2.05) is 0 Å². The number of ether oxygens (including phenoxy) is 1. The lowest BCUT2D eigenvalue weighted by molar-refractivity contribution is -0.134. The molecule has 2 aliphatic rings. The Labute approximate surface area is 130 Å². The van der Waals surface area contributed by atoms with E-state index in [-0.39, 0.29) is 0 Å². The SMILES string of the molecule is CCOC1CC(Nc2ccc(Br)cc2)C12CCCCC2. The third kappa shape index (κ3) is 2.62. The Bertz CT molecular complexity index is 439. The van der Waals surface area contributed by atoms with Crippen molar-refractivity contribution in [1.82, 2.24) is 0 Å². The molecule has 3 heteroatoms. The molecule has 1 spiro atoms. The van der Waals surface area contributed by atoms with E-state index in [2.05, 4.69) is 52.4 Å². The van der Waals surface area contributed by atoms with Gasteiger partial charge in [-0.15, -0.1) is 0 Å². The maximum absolute atomic E-state index is 6.01. The van der Waals surface area contributed by atoms with Gasteiger partial charge in [-0.1, -0.05) is 35.2 Å². The van der Waals surface area contributed by atoms with E-state index in [0.29, 0.717) is 17.6 Å². The molecule has 3 rings (SSSR count). The Morgan fingerprint density at radius 1 is 1.20 bits per heavy atom. The van der Waals surface area contributed by atoms with Gasteiger partial charge in [-0.25, -0.2) is 0 Å². The highest BCUT2D eigenvalue weighted by molar-refractivity contribution is 9.10. The normalized spacial score (nSPS) is 28.1. The van der Waals surface area contributed by atoms with Crippen molar-refractivity contribution < 1.29 is 4.74 Å². The van der Waals surface area contributed by atoms with Gasteiger partial charge in [0.15, 0.2) is 0 Å². The molecule has 0 saturated heterocycles. The maximum Gasteiger partial charge on any atom is 0.0670 e. The monoisotopic (exact) mass is 337 g/mol. The van der Waals surface area contributed by atoms with E-state index in [9.17, 15) is 0 Å². The molecule has 1 aromatic rings. The second-order valence-corrected chi connectivity index (χ2v) is 7.09. The quantitative estimate of drug-likeness (QED) is 0.835. The number of benzene rings is 1. The summed E-state index contributed by atoms with van der Waals surface area (Å²) < 4.78 is 7.15. The van der Waals surface area contributed by atoms with Crippen molar-refractivity contribution in [3.8, 4) is 0 Å². The van der Waals surface area contributed by atoms with Crippen molar-refractivity contribution in [3.63, 3.8) is 0 Å². The van der Waals surface area contributed by atoms with E-state index >= 15 is 0 Å². The number of hydrogen-bond acceptors (Lipinski definition) is 2. The molecule has 0 amide bonds. The number of nitrogens with one attached hydrogen (secondary N) is 1. The summed E-state index contributed by atoms with van der Waals surface area (Å²) in [7, 11) is 0. The predicted molar refractivity (Wildman–Crippen MR) is 87.1 cm³/mol. The highest BCUT2D eigenvalue weighted by Gasteiger charge is 2.55. The van der Waals surface area contributed by atoms with Crippen molar-refractivity contribution in [2.24, 2.45) is 5.41 Å². The average molecular weight is 338 g/mol.